The molecule has 0 bridgehead atoms. The van der Waals surface area contributed by atoms with Crippen LogP contribution < -0.4 is 5.32 Å². The van der Waals surface area contributed by atoms with Crippen molar-refractivity contribution in [2.24, 2.45) is 4.99 Å². The van der Waals surface area contributed by atoms with Gasteiger partial charge in [-0.3, -0.25) is 4.79 Å². The minimum Gasteiger partial charge on any atom is -0.320 e. The number of carbonyl (C=O) groups excluding carboxylic acids is 1. The van der Waals surface area contributed by atoms with Gasteiger partial charge in [-0.15, -0.1) is 0 Å². The van der Waals surface area contributed by atoms with E-state index in [4.69, 9.17) is 5.26 Å². The summed E-state index contributed by atoms with van der Waals surface area (Å²) in [5.74, 6) is -0.188. The molecule has 0 aromatic heterocycles. The molecule has 1 heterocycles. The number of nitrogens with one attached hydrogen (secondary N) is 1. The second kappa shape index (κ2) is 4.98. The standard InChI is InChI=1S/C16H11N3O/c17-10-9-11-5-7-12(8-6-11)18-15-13-3-1-2-4-14(13)19-16(15)20/h1-8H,9H2,(H,18,19,20). The Morgan fingerprint density at radius 2 is 1.85 bits per heavy atom. The zero-order valence-electron chi connectivity index (χ0n) is 10.6. The molecule has 1 N–H and O–H groups in total. The Hall–Kier alpha value is -2.93. The number of fused-ring (bicyclic) bond motifs is 1. The molecule has 1 aliphatic rings. The fourth-order valence-electron chi connectivity index (χ4n) is 2.12. The molecule has 4 nitrogen and oxygen atoms in total. The van der Waals surface area contributed by atoms with E-state index in [0.717, 1.165) is 16.8 Å². The first kappa shape index (κ1) is 12.1. The van der Waals surface area contributed by atoms with Crippen LogP contribution in [0.25, 0.3) is 0 Å². The number of benzene rings is 2. The third-order valence-corrected chi connectivity index (χ3v) is 3.11. The van der Waals surface area contributed by atoms with Gasteiger partial charge in [0.2, 0.25) is 0 Å². The molecule has 1 amide bonds. The molecule has 2 aromatic rings. The highest BCUT2D eigenvalue weighted by Crippen LogP contribution is 2.25. The first-order valence-corrected chi connectivity index (χ1v) is 6.23. The van der Waals surface area contributed by atoms with Crippen molar-refractivity contribution in [2.75, 3.05) is 5.32 Å². The molecule has 96 valence electrons. The van der Waals surface area contributed by atoms with Gasteiger partial charge in [-0.1, -0.05) is 30.3 Å². The predicted octanol–water partition coefficient (Wildman–Crippen LogP) is 2.83. The van der Waals surface area contributed by atoms with E-state index >= 15 is 0 Å². The van der Waals surface area contributed by atoms with Crippen LogP contribution in [0.4, 0.5) is 11.4 Å². The van der Waals surface area contributed by atoms with Gasteiger partial charge in [-0.2, -0.15) is 5.26 Å². The average Bonchev–Trinajstić information content (AvgIpc) is 2.78. The van der Waals surface area contributed by atoms with Crippen LogP contribution in [-0.4, -0.2) is 11.6 Å². The third-order valence-electron chi connectivity index (χ3n) is 3.11. The van der Waals surface area contributed by atoms with Crippen molar-refractivity contribution >= 4 is 23.0 Å². The molecule has 20 heavy (non-hydrogen) atoms. The van der Waals surface area contributed by atoms with Crippen molar-refractivity contribution in [3.05, 3.63) is 59.7 Å². The molecule has 0 fully saturated rings. The number of hydrogen-bond donors (Lipinski definition) is 1. The monoisotopic (exact) mass is 261 g/mol. The van der Waals surface area contributed by atoms with Gasteiger partial charge >= 0.3 is 0 Å². The summed E-state index contributed by atoms with van der Waals surface area (Å²) < 4.78 is 0. The van der Waals surface area contributed by atoms with Crippen LogP contribution in [0.5, 0.6) is 0 Å². The Bertz CT molecular complexity index is 739. The lowest BCUT2D eigenvalue weighted by Crippen LogP contribution is -2.13. The highest BCUT2D eigenvalue weighted by Gasteiger charge is 2.25. The van der Waals surface area contributed by atoms with Gasteiger partial charge in [0, 0.05) is 5.56 Å². The number of nitriles is 1. The highest BCUT2D eigenvalue weighted by molar-refractivity contribution is 6.54. The fourth-order valence-corrected chi connectivity index (χ4v) is 2.12. The topological polar surface area (TPSA) is 65.2 Å². The molecule has 1 aliphatic heterocycles. The molecule has 0 radical (unpaired) electrons. The van der Waals surface area contributed by atoms with Crippen LogP contribution in [0.15, 0.2) is 53.5 Å². The van der Waals surface area contributed by atoms with E-state index in [1.165, 1.54) is 0 Å². The summed E-state index contributed by atoms with van der Waals surface area (Å²) >= 11 is 0. The molecule has 0 saturated heterocycles. The van der Waals surface area contributed by atoms with Crippen LogP contribution in [0.1, 0.15) is 11.1 Å². The van der Waals surface area contributed by atoms with Crippen molar-refractivity contribution in [2.45, 2.75) is 6.42 Å². The Morgan fingerprint density at radius 3 is 2.60 bits per heavy atom. The number of amides is 1. The quantitative estimate of drug-likeness (QED) is 0.903. The van der Waals surface area contributed by atoms with Gasteiger partial charge in [-0.05, 0) is 23.8 Å². The van der Waals surface area contributed by atoms with Gasteiger partial charge in [0.1, 0.15) is 5.71 Å². The second-order valence-corrected chi connectivity index (χ2v) is 4.46. The zero-order chi connectivity index (χ0) is 13.9. The maximum Gasteiger partial charge on any atom is 0.275 e. The number of nitrogens with zero attached hydrogens (tertiary/aromatic N) is 2. The molecule has 4 heteroatoms. The van der Waals surface area contributed by atoms with E-state index in [-0.39, 0.29) is 5.91 Å². The summed E-state index contributed by atoms with van der Waals surface area (Å²) in [5.41, 5.74) is 3.67. The number of carbonyl (C=O) groups is 1. The highest BCUT2D eigenvalue weighted by atomic mass is 16.2. The minimum atomic E-state index is -0.188. The molecule has 0 atom stereocenters. The molecule has 0 spiro atoms. The lowest BCUT2D eigenvalue weighted by atomic mass is 10.1. The van der Waals surface area contributed by atoms with Crippen LogP contribution in [-0.2, 0) is 11.2 Å². The molecular weight excluding hydrogens is 250 g/mol. The first-order valence-electron chi connectivity index (χ1n) is 6.23. The summed E-state index contributed by atoms with van der Waals surface area (Å²) in [6.07, 6.45) is 0.375. The largest absolute Gasteiger partial charge is 0.320 e. The number of aliphatic imine (C=N–C) groups is 1. The lowest BCUT2D eigenvalue weighted by Gasteiger charge is -1.99. The Labute approximate surface area is 116 Å². The summed E-state index contributed by atoms with van der Waals surface area (Å²) in [6.45, 7) is 0. The summed E-state index contributed by atoms with van der Waals surface area (Å²) in [5, 5.41) is 11.4. The van der Waals surface area contributed by atoms with Gasteiger partial charge in [-0.25, -0.2) is 4.99 Å². The van der Waals surface area contributed by atoms with E-state index < -0.39 is 0 Å². The number of para-hydroxylation sites is 1. The first-order chi connectivity index (χ1) is 9.78. The molecule has 0 aliphatic carbocycles. The van der Waals surface area contributed by atoms with Crippen molar-refractivity contribution in [3.8, 4) is 6.07 Å². The third kappa shape index (κ3) is 2.17. The van der Waals surface area contributed by atoms with E-state index in [1.54, 1.807) is 0 Å². The molecular formula is C16H11N3O. The normalized spacial score (nSPS) is 14.8. The number of rotatable bonds is 2. The Balaban J connectivity index is 1.96. The SMILES string of the molecule is N#CCc1ccc(N=C2C(=O)Nc3ccccc32)cc1. The maximum atomic E-state index is 11.9. The molecule has 0 saturated carbocycles. The maximum absolute atomic E-state index is 11.9. The molecule has 0 unspecified atom stereocenters. The van der Waals surface area contributed by atoms with Gasteiger partial charge in [0.15, 0.2) is 0 Å². The van der Waals surface area contributed by atoms with Crippen molar-refractivity contribution in [3.63, 3.8) is 0 Å². The Kier molecular flexibility index (Phi) is 3.02. The van der Waals surface area contributed by atoms with E-state index in [9.17, 15) is 4.79 Å². The van der Waals surface area contributed by atoms with Gasteiger partial charge < -0.3 is 5.32 Å². The van der Waals surface area contributed by atoms with E-state index in [1.807, 2.05) is 48.5 Å². The van der Waals surface area contributed by atoms with Crippen LogP contribution in [0.3, 0.4) is 0 Å². The Morgan fingerprint density at radius 1 is 1.10 bits per heavy atom. The van der Waals surface area contributed by atoms with Gasteiger partial charge in [0.05, 0.1) is 23.9 Å². The summed E-state index contributed by atoms with van der Waals surface area (Å²) in [6, 6.07) is 16.9. The fraction of sp³-hybridized carbons (Fsp3) is 0.0625. The zero-order valence-corrected chi connectivity index (χ0v) is 10.6. The number of anilines is 1. The average molecular weight is 261 g/mol. The number of hydrogen-bond acceptors (Lipinski definition) is 3. The minimum absolute atomic E-state index is 0.188. The molecule has 3 rings (SSSR count). The lowest BCUT2D eigenvalue weighted by molar-refractivity contribution is -0.110. The summed E-state index contributed by atoms with van der Waals surface area (Å²) in [4.78, 5) is 16.3. The molecule has 2 aromatic carbocycles. The predicted molar refractivity (Wildman–Crippen MR) is 77.0 cm³/mol. The summed E-state index contributed by atoms with van der Waals surface area (Å²) in [7, 11) is 0. The van der Waals surface area contributed by atoms with Crippen LogP contribution >= 0.6 is 0 Å². The van der Waals surface area contributed by atoms with Gasteiger partial charge in [0.25, 0.3) is 5.91 Å². The second-order valence-electron chi connectivity index (χ2n) is 4.46. The van der Waals surface area contributed by atoms with Crippen molar-refractivity contribution in [1.29, 1.82) is 5.26 Å². The van der Waals surface area contributed by atoms with Crippen molar-refractivity contribution < 1.29 is 4.79 Å². The van der Waals surface area contributed by atoms with E-state index in [2.05, 4.69) is 16.4 Å². The van der Waals surface area contributed by atoms with E-state index in [0.29, 0.717) is 17.8 Å². The van der Waals surface area contributed by atoms with Crippen LogP contribution in [0.2, 0.25) is 0 Å². The van der Waals surface area contributed by atoms with Crippen LogP contribution in [0, 0.1) is 11.3 Å². The van der Waals surface area contributed by atoms with Crippen molar-refractivity contribution in [1.82, 2.24) is 0 Å². The smallest absolute Gasteiger partial charge is 0.275 e.